The van der Waals surface area contributed by atoms with E-state index in [0.717, 1.165) is 56.3 Å². The van der Waals surface area contributed by atoms with E-state index in [2.05, 4.69) is 22.9 Å². The summed E-state index contributed by atoms with van der Waals surface area (Å²) in [4.78, 5) is 4.75. The van der Waals surface area contributed by atoms with Crippen LogP contribution < -0.4 is 0 Å². The van der Waals surface area contributed by atoms with E-state index in [4.69, 9.17) is 4.98 Å². The molecule has 0 saturated heterocycles. The third-order valence-corrected chi connectivity index (χ3v) is 4.91. The van der Waals surface area contributed by atoms with E-state index < -0.39 is 11.7 Å². The van der Waals surface area contributed by atoms with Crippen LogP contribution in [0.1, 0.15) is 34.9 Å². The highest BCUT2D eigenvalue weighted by Gasteiger charge is 2.29. The number of halogens is 4. The first-order valence-electron chi connectivity index (χ1n) is 8.03. The van der Waals surface area contributed by atoms with E-state index in [1.165, 1.54) is 0 Å². The van der Waals surface area contributed by atoms with Gasteiger partial charge in [-0.1, -0.05) is 35.0 Å². The molecule has 1 nitrogen and oxygen atoms in total. The SMILES string of the molecule is CCc1nc2ccc(Br)cc2c(C)c1Cc1ccc(C(F)(F)F)cc1. The van der Waals surface area contributed by atoms with Crippen LogP contribution in [0.3, 0.4) is 0 Å². The molecule has 0 radical (unpaired) electrons. The molecule has 3 rings (SSSR count). The molecule has 0 bridgehead atoms. The summed E-state index contributed by atoms with van der Waals surface area (Å²) in [5.41, 5.74) is 4.38. The van der Waals surface area contributed by atoms with Gasteiger partial charge in [0.2, 0.25) is 0 Å². The van der Waals surface area contributed by atoms with Gasteiger partial charge in [-0.2, -0.15) is 13.2 Å². The number of nitrogens with zero attached hydrogens (tertiary/aromatic N) is 1. The van der Waals surface area contributed by atoms with Crippen LogP contribution in [0.4, 0.5) is 13.2 Å². The molecule has 0 spiro atoms. The summed E-state index contributed by atoms with van der Waals surface area (Å²) in [6.45, 7) is 4.09. The molecule has 130 valence electrons. The van der Waals surface area contributed by atoms with Crippen LogP contribution in [-0.4, -0.2) is 4.98 Å². The quantitative estimate of drug-likeness (QED) is 0.484. The van der Waals surface area contributed by atoms with Crippen molar-refractivity contribution in [1.29, 1.82) is 0 Å². The average molecular weight is 408 g/mol. The molecule has 0 atom stereocenters. The molecule has 1 heterocycles. The molecule has 3 aromatic rings. The molecule has 0 saturated carbocycles. The summed E-state index contributed by atoms with van der Waals surface area (Å²) in [5.74, 6) is 0. The molecule has 0 fully saturated rings. The number of hydrogen-bond acceptors (Lipinski definition) is 1. The lowest BCUT2D eigenvalue weighted by molar-refractivity contribution is -0.137. The Labute approximate surface area is 153 Å². The van der Waals surface area contributed by atoms with Gasteiger partial charge < -0.3 is 0 Å². The summed E-state index contributed by atoms with van der Waals surface area (Å²) in [7, 11) is 0. The number of aromatic nitrogens is 1. The fourth-order valence-corrected chi connectivity index (χ4v) is 3.40. The summed E-state index contributed by atoms with van der Waals surface area (Å²) in [6, 6.07) is 11.4. The van der Waals surface area contributed by atoms with Gasteiger partial charge in [-0.05, 0) is 66.8 Å². The van der Waals surface area contributed by atoms with Crippen LogP contribution in [-0.2, 0) is 19.0 Å². The Bertz CT molecular complexity index is 915. The van der Waals surface area contributed by atoms with Gasteiger partial charge in [0.25, 0.3) is 0 Å². The van der Waals surface area contributed by atoms with Gasteiger partial charge >= 0.3 is 6.18 Å². The van der Waals surface area contributed by atoms with E-state index in [-0.39, 0.29) is 0 Å². The van der Waals surface area contributed by atoms with Crippen LogP contribution >= 0.6 is 15.9 Å². The van der Waals surface area contributed by atoms with Crippen molar-refractivity contribution in [2.75, 3.05) is 0 Å². The minimum absolute atomic E-state index is 0.572. The number of alkyl halides is 3. The van der Waals surface area contributed by atoms with Gasteiger partial charge in [-0.15, -0.1) is 0 Å². The number of benzene rings is 2. The molecule has 1 aromatic heterocycles. The molecule has 0 unspecified atom stereocenters. The molecular weight excluding hydrogens is 391 g/mol. The molecule has 2 aromatic carbocycles. The monoisotopic (exact) mass is 407 g/mol. The molecule has 0 aliphatic carbocycles. The van der Waals surface area contributed by atoms with Crippen LogP contribution in [0, 0.1) is 6.92 Å². The first-order chi connectivity index (χ1) is 11.8. The maximum absolute atomic E-state index is 12.7. The lowest BCUT2D eigenvalue weighted by Gasteiger charge is -2.15. The van der Waals surface area contributed by atoms with Gasteiger partial charge in [0, 0.05) is 15.6 Å². The molecular formula is C20H17BrF3N. The summed E-state index contributed by atoms with van der Waals surface area (Å²) in [5, 5.41) is 1.06. The van der Waals surface area contributed by atoms with E-state index in [1.807, 2.05) is 25.1 Å². The smallest absolute Gasteiger partial charge is 0.253 e. The van der Waals surface area contributed by atoms with Gasteiger partial charge in [-0.25, -0.2) is 0 Å². The highest BCUT2D eigenvalue weighted by molar-refractivity contribution is 9.10. The predicted molar refractivity (Wildman–Crippen MR) is 97.8 cm³/mol. The number of fused-ring (bicyclic) bond motifs is 1. The van der Waals surface area contributed by atoms with Crippen molar-refractivity contribution in [3.8, 4) is 0 Å². The normalized spacial score (nSPS) is 11.9. The number of hydrogen-bond donors (Lipinski definition) is 0. The molecule has 5 heteroatoms. The topological polar surface area (TPSA) is 12.9 Å². The number of pyridine rings is 1. The second-order valence-corrected chi connectivity index (χ2v) is 6.96. The van der Waals surface area contributed by atoms with Crippen molar-refractivity contribution < 1.29 is 13.2 Å². The van der Waals surface area contributed by atoms with Crippen LogP contribution in [0.15, 0.2) is 46.9 Å². The van der Waals surface area contributed by atoms with E-state index in [1.54, 1.807) is 12.1 Å². The Morgan fingerprint density at radius 1 is 1.04 bits per heavy atom. The zero-order valence-corrected chi connectivity index (χ0v) is 15.5. The maximum atomic E-state index is 12.7. The zero-order valence-electron chi connectivity index (χ0n) is 13.9. The van der Waals surface area contributed by atoms with Crippen LogP contribution in [0.2, 0.25) is 0 Å². The highest BCUT2D eigenvalue weighted by Crippen LogP contribution is 2.31. The third kappa shape index (κ3) is 3.71. The third-order valence-electron chi connectivity index (χ3n) is 4.42. The molecule has 0 aliphatic heterocycles. The van der Waals surface area contributed by atoms with E-state index in [9.17, 15) is 13.2 Å². The molecule has 25 heavy (non-hydrogen) atoms. The largest absolute Gasteiger partial charge is 0.416 e. The lowest BCUT2D eigenvalue weighted by atomic mass is 9.94. The van der Waals surface area contributed by atoms with Crippen molar-refractivity contribution in [2.45, 2.75) is 32.9 Å². The fourth-order valence-electron chi connectivity index (χ4n) is 3.04. The standard InChI is InChI=1S/C20H17BrF3N/c1-3-18-16(10-13-4-6-14(7-5-13)20(22,23)24)12(2)17-11-15(21)8-9-19(17)25-18/h4-9,11H,3,10H2,1-2H3. The Morgan fingerprint density at radius 3 is 2.32 bits per heavy atom. The molecule has 0 N–H and O–H groups in total. The zero-order chi connectivity index (χ0) is 18.2. The van der Waals surface area contributed by atoms with Crippen molar-refractivity contribution in [2.24, 2.45) is 0 Å². The van der Waals surface area contributed by atoms with Crippen molar-refractivity contribution in [1.82, 2.24) is 4.98 Å². The lowest BCUT2D eigenvalue weighted by Crippen LogP contribution is -2.06. The predicted octanol–water partition coefficient (Wildman–Crippen LogP) is 6.48. The van der Waals surface area contributed by atoms with Crippen molar-refractivity contribution in [3.63, 3.8) is 0 Å². The summed E-state index contributed by atoms with van der Waals surface area (Å²) in [6.07, 6.45) is -2.95. The summed E-state index contributed by atoms with van der Waals surface area (Å²) < 4.78 is 39.2. The minimum atomic E-state index is -4.31. The van der Waals surface area contributed by atoms with Gasteiger partial charge in [0.1, 0.15) is 0 Å². The van der Waals surface area contributed by atoms with E-state index in [0.29, 0.717) is 6.42 Å². The Kier molecular flexibility index (Phi) is 4.87. The Balaban J connectivity index is 2.04. The van der Waals surface area contributed by atoms with Crippen molar-refractivity contribution in [3.05, 3.63) is 74.9 Å². The van der Waals surface area contributed by atoms with Crippen LogP contribution in [0.5, 0.6) is 0 Å². The van der Waals surface area contributed by atoms with Crippen LogP contribution in [0.25, 0.3) is 10.9 Å². The Hall–Kier alpha value is -1.88. The second kappa shape index (κ2) is 6.79. The second-order valence-electron chi connectivity index (χ2n) is 6.05. The van der Waals surface area contributed by atoms with E-state index >= 15 is 0 Å². The first kappa shape index (κ1) is 17.9. The Morgan fingerprint density at radius 2 is 1.72 bits per heavy atom. The molecule has 0 amide bonds. The number of aryl methyl sites for hydroxylation is 2. The minimum Gasteiger partial charge on any atom is -0.253 e. The van der Waals surface area contributed by atoms with Gasteiger partial charge in [0.15, 0.2) is 0 Å². The molecule has 0 aliphatic rings. The van der Waals surface area contributed by atoms with Crippen molar-refractivity contribution >= 4 is 26.8 Å². The fraction of sp³-hybridized carbons (Fsp3) is 0.250. The average Bonchev–Trinajstić information content (AvgIpc) is 2.57. The maximum Gasteiger partial charge on any atom is 0.416 e. The van der Waals surface area contributed by atoms with Gasteiger partial charge in [0.05, 0.1) is 11.1 Å². The number of rotatable bonds is 3. The summed E-state index contributed by atoms with van der Waals surface area (Å²) >= 11 is 3.49. The first-order valence-corrected chi connectivity index (χ1v) is 8.82. The van der Waals surface area contributed by atoms with Gasteiger partial charge in [-0.3, -0.25) is 4.98 Å². The highest BCUT2D eigenvalue weighted by atomic mass is 79.9.